The molecule has 0 aliphatic carbocycles. The minimum absolute atomic E-state index is 0.0782. The van der Waals surface area contributed by atoms with Crippen LogP contribution in [0.5, 0.6) is 5.88 Å². The molecule has 3 heterocycles. The first kappa shape index (κ1) is 16.0. The van der Waals surface area contributed by atoms with E-state index in [4.69, 9.17) is 9.47 Å². The van der Waals surface area contributed by atoms with Gasteiger partial charge >= 0.3 is 0 Å². The van der Waals surface area contributed by atoms with Gasteiger partial charge in [0.15, 0.2) is 0 Å². The van der Waals surface area contributed by atoms with E-state index in [9.17, 15) is 4.79 Å². The second kappa shape index (κ2) is 7.57. The molecule has 3 rings (SSSR count). The lowest BCUT2D eigenvalue weighted by molar-refractivity contribution is 0.0954. The summed E-state index contributed by atoms with van der Waals surface area (Å²) in [5.41, 5.74) is 0.874. The number of aromatic nitrogens is 1. The molecular weight excluding hydrogens is 312 g/mol. The van der Waals surface area contributed by atoms with Crippen molar-refractivity contribution >= 4 is 17.2 Å². The van der Waals surface area contributed by atoms with Crippen LogP contribution < -0.4 is 10.1 Å². The molecule has 1 N–H and O–H groups in total. The van der Waals surface area contributed by atoms with Crippen molar-refractivity contribution < 1.29 is 14.3 Å². The average Bonchev–Trinajstić information content (AvgIpc) is 3.25. The lowest BCUT2D eigenvalue weighted by atomic mass is 10.2. The van der Waals surface area contributed by atoms with Gasteiger partial charge in [-0.3, -0.25) is 4.79 Å². The summed E-state index contributed by atoms with van der Waals surface area (Å²) < 4.78 is 11.1. The van der Waals surface area contributed by atoms with E-state index in [0.717, 1.165) is 29.9 Å². The van der Waals surface area contributed by atoms with Crippen molar-refractivity contribution in [1.29, 1.82) is 0 Å². The normalized spacial score (nSPS) is 17.2. The first-order valence-corrected chi connectivity index (χ1v) is 8.66. The van der Waals surface area contributed by atoms with Crippen molar-refractivity contribution in [2.24, 2.45) is 0 Å². The summed E-state index contributed by atoms with van der Waals surface area (Å²) in [4.78, 5) is 18.3. The third-order valence-electron chi connectivity index (χ3n) is 3.67. The van der Waals surface area contributed by atoms with Gasteiger partial charge in [0.05, 0.1) is 17.6 Å². The topological polar surface area (TPSA) is 60.5 Å². The van der Waals surface area contributed by atoms with Gasteiger partial charge in [-0.15, -0.1) is 11.3 Å². The number of ether oxygens (including phenoxy) is 2. The molecule has 0 saturated carbocycles. The third-order valence-corrected chi connectivity index (χ3v) is 4.84. The molecule has 1 aliphatic heterocycles. The largest absolute Gasteiger partial charge is 0.478 e. The molecule has 1 atom stereocenters. The molecule has 122 valence electrons. The van der Waals surface area contributed by atoms with Crippen molar-refractivity contribution in [3.8, 4) is 5.88 Å². The quantitative estimate of drug-likeness (QED) is 0.881. The third kappa shape index (κ3) is 3.89. The highest BCUT2D eigenvalue weighted by atomic mass is 32.1. The Balaban J connectivity index is 1.61. The molecule has 23 heavy (non-hydrogen) atoms. The molecule has 0 radical (unpaired) electrons. The Morgan fingerprint density at radius 3 is 3.17 bits per heavy atom. The van der Waals surface area contributed by atoms with Crippen molar-refractivity contribution in [1.82, 2.24) is 10.3 Å². The van der Waals surface area contributed by atoms with Crippen LogP contribution in [0.1, 0.15) is 46.0 Å². The number of hydrogen-bond acceptors (Lipinski definition) is 5. The van der Waals surface area contributed by atoms with Crippen LogP contribution in [-0.4, -0.2) is 24.1 Å². The van der Waals surface area contributed by atoms with Crippen LogP contribution >= 0.6 is 11.3 Å². The van der Waals surface area contributed by atoms with Gasteiger partial charge in [-0.1, -0.05) is 6.07 Å². The van der Waals surface area contributed by atoms with Gasteiger partial charge in [0.1, 0.15) is 0 Å². The van der Waals surface area contributed by atoms with E-state index in [0.29, 0.717) is 23.9 Å². The van der Waals surface area contributed by atoms with Crippen molar-refractivity contribution in [3.05, 3.63) is 45.8 Å². The van der Waals surface area contributed by atoms with Gasteiger partial charge in [-0.05, 0) is 38.0 Å². The molecule has 0 spiro atoms. The first-order valence-electron chi connectivity index (χ1n) is 7.84. The molecule has 6 heteroatoms. The van der Waals surface area contributed by atoms with Crippen LogP contribution in [0.25, 0.3) is 0 Å². The molecule has 0 bridgehead atoms. The van der Waals surface area contributed by atoms with E-state index in [1.807, 2.05) is 31.2 Å². The molecule has 1 aliphatic rings. The molecule has 2 aromatic rings. The van der Waals surface area contributed by atoms with Crippen LogP contribution in [0.15, 0.2) is 30.5 Å². The number of carbonyl (C=O) groups is 1. The van der Waals surface area contributed by atoms with E-state index in [2.05, 4.69) is 10.3 Å². The lowest BCUT2D eigenvalue weighted by Crippen LogP contribution is -2.22. The maximum atomic E-state index is 12.3. The number of hydrogen-bond donors (Lipinski definition) is 1. The van der Waals surface area contributed by atoms with E-state index in [1.165, 1.54) is 11.3 Å². The average molecular weight is 332 g/mol. The van der Waals surface area contributed by atoms with Gasteiger partial charge in [0.25, 0.3) is 5.91 Å². The Labute approximate surface area is 139 Å². The summed E-state index contributed by atoms with van der Waals surface area (Å²) >= 11 is 1.50. The molecule has 1 saturated heterocycles. The summed E-state index contributed by atoms with van der Waals surface area (Å²) in [5, 5.41) is 2.93. The summed E-state index contributed by atoms with van der Waals surface area (Å²) in [6.07, 6.45) is 3.97. The molecule has 1 fully saturated rings. The Morgan fingerprint density at radius 1 is 1.48 bits per heavy atom. The fourth-order valence-corrected chi connectivity index (χ4v) is 3.55. The van der Waals surface area contributed by atoms with Crippen LogP contribution in [0.4, 0.5) is 0 Å². The van der Waals surface area contributed by atoms with E-state index >= 15 is 0 Å². The minimum Gasteiger partial charge on any atom is -0.478 e. The highest BCUT2D eigenvalue weighted by Gasteiger charge is 2.21. The Hall–Kier alpha value is -1.92. The smallest absolute Gasteiger partial charge is 0.261 e. The van der Waals surface area contributed by atoms with Gasteiger partial charge in [0.2, 0.25) is 5.88 Å². The zero-order valence-corrected chi connectivity index (χ0v) is 13.9. The number of rotatable bonds is 6. The number of thiophene rings is 1. The number of nitrogens with zero attached hydrogens (tertiary/aromatic N) is 1. The van der Waals surface area contributed by atoms with Gasteiger partial charge in [0, 0.05) is 29.8 Å². The maximum absolute atomic E-state index is 12.3. The number of amides is 1. The molecule has 0 aromatic carbocycles. The summed E-state index contributed by atoms with van der Waals surface area (Å²) in [6, 6.07) is 7.60. The van der Waals surface area contributed by atoms with Gasteiger partial charge in [-0.2, -0.15) is 0 Å². The number of carbonyl (C=O) groups excluding carboxylic acids is 1. The minimum atomic E-state index is -0.0782. The van der Waals surface area contributed by atoms with Gasteiger partial charge < -0.3 is 14.8 Å². The van der Waals surface area contributed by atoms with Crippen molar-refractivity contribution in [2.45, 2.75) is 32.4 Å². The van der Waals surface area contributed by atoms with Crippen molar-refractivity contribution in [3.63, 3.8) is 0 Å². The van der Waals surface area contributed by atoms with E-state index in [1.54, 1.807) is 6.20 Å². The van der Waals surface area contributed by atoms with Crippen molar-refractivity contribution in [2.75, 3.05) is 13.2 Å². The molecule has 2 aromatic heterocycles. The molecular formula is C17H20N2O3S. The predicted octanol–water partition coefficient (Wildman–Crippen LogP) is 3.32. The highest BCUT2D eigenvalue weighted by Crippen LogP contribution is 2.33. The summed E-state index contributed by atoms with van der Waals surface area (Å²) in [7, 11) is 0. The van der Waals surface area contributed by atoms with E-state index in [-0.39, 0.29) is 12.0 Å². The Kier molecular flexibility index (Phi) is 5.25. The molecule has 1 amide bonds. The predicted molar refractivity (Wildman–Crippen MR) is 88.8 cm³/mol. The maximum Gasteiger partial charge on any atom is 0.261 e. The monoisotopic (exact) mass is 332 g/mol. The SMILES string of the molecule is CCOc1ncccc1CNC(=O)c1ccc([C@H]2CCCO2)s1. The molecule has 5 nitrogen and oxygen atoms in total. The highest BCUT2D eigenvalue weighted by molar-refractivity contribution is 7.14. The van der Waals surface area contributed by atoms with Crippen LogP contribution in [0.3, 0.4) is 0 Å². The van der Waals surface area contributed by atoms with E-state index < -0.39 is 0 Å². The number of pyridine rings is 1. The first-order chi connectivity index (χ1) is 11.3. The lowest BCUT2D eigenvalue weighted by Gasteiger charge is -2.09. The Morgan fingerprint density at radius 2 is 2.39 bits per heavy atom. The summed E-state index contributed by atoms with van der Waals surface area (Å²) in [6.45, 7) is 3.67. The van der Waals surface area contributed by atoms with Crippen LogP contribution in [0, 0.1) is 0 Å². The zero-order chi connectivity index (χ0) is 16.1. The zero-order valence-electron chi connectivity index (χ0n) is 13.1. The second-order valence-corrected chi connectivity index (χ2v) is 6.40. The summed E-state index contributed by atoms with van der Waals surface area (Å²) in [5.74, 6) is 0.493. The Bertz CT molecular complexity index is 665. The standard InChI is InChI=1S/C17H20N2O3S/c1-2-21-17-12(5-3-9-18-17)11-19-16(20)15-8-7-14(23-15)13-6-4-10-22-13/h3,5,7-9,13H,2,4,6,10-11H2,1H3,(H,19,20)/t13-/m1/s1. The van der Waals surface area contributed by atoms with Crippen LogP contribution in [-0.2, 0) is 11.3 Å². The number of nitrogens with one attached hydrogen (secondary N) is 1. The second-order valence-electron chi connectivity index (χ2n) is 5.29. The molecule has 0 unspecified atom stereocenters. The van der Waals surface area contributed by atoms with Crippen LogP contribution in [0.2, 0.25) is 0 Å². The fourth-order valence-electron chi connectivity index (χ4n) is 2.54. The fraction of sp³-hybridized carbons (Fsp3) is 0.412. The van der Waals surface area contributed by atoms with Gasteiger partial charge in [-0.25, -0.2) is 4.98 Å².